The largest absolute Gasteiger partial charge is 0.337 e. The van der Waals surface area contributed by atoms with E-state index in [0.717, 1.165) is 18.4 Å². The second-order valence-electron chi connectivity index (χ2n) is 6.56. The Morgan fingerprint density at radius 1 is 1.22 bits per heavy atom. The summed E-state index contributed by atoms with van der Waals surface area (Å²) in [5.74, 6) is 0.0844. The third-order valence-electron chi connectivity index (χ3n) is 4.74. The van der Waals surface area contributed by atoms with Gasteiger partial charge in [-0.1, -0.05) is 18.2 Å². The van der Waals surface area contributed by atoms with Crippen LogP contribution in [0.1, 0.15) is 18.4 Å². The number of hydrogen-bond donors (Lipinski definition) is 0. The Hall–Kier alpha value is -3.16. The highest BCUT2D eigenvalue weighted by molar-refractivity contribution is 5.79. The zero-order valence-electron chi connectivity index (χ0n) is 14.7. The molecule has 1 aliphatic rings. The van der Waals surface area contributed by atoms with Gasteiger partial charge < -0.3 is 4.90 Å². The molecule has 4 rings (SSSR count). The van der Waals surface area contributed by atoms with Gasteiger partial charge in [-0.2, -0.15) is 4.80 Å². The first kappa shape index (κ1) is 17.3. The van der Waals surface area contributed by atoms with Gasteiger partial charge in [0.2, 0.25) is 11.7 Å². The molecule has 0 spiro atoms. The minimum absolute atomic E-state index is 0.0137. The number of tetrazole rings is 1. The monoisotopic (exact) mass is 366 g/mol. The first-order chi connectivity index (χ1) is 13.2. The molecule has 138 valence electrons. The van der Waals surface area contributed by atoms with E-state index in [1.807, 2.05) is 12.1 Å². The maximum Gasteiger partial charge on any atom is 0.227 e. The first-order valence-corrected chi connectivity index (χ1v) is 8.92. The molecule has 3 heterocycles. The lowest BCUT2D eigenvalue weighted by Crippen LogP contribution is -2.39. The average Bonchev–Trinajstić information content (AvgIpc) is 3.34. The van der Waals surface area contributed by atoms with E-state index in [1.54, 1.807) is 35.5 Å². The molecular weight excluding hydrogens is 347 g/mol. The summed E-state index contributed by atoms with van der Waals surface area (Å²) in [6, 6.07) is 10.1. The third-order valence-corrected chi connectivity index (χ3v) is 4.74. The zero-order chi connectivity index (χ0) is 18.6. The van der Waals surface area contributed by atoms with Crippen molar-refractivity contribution in [2.75, 3.05) is 6.54 Å². The molecule has 0 N–H and O–H groups in total. The summed E-state index contributed by atoms with van der Waals surface area (Å²) in [6.07, 6.45) is 5.21. The minimum atomic E-state index is -0.347. The molecule has 0 radical (unpaired) electrons. The summed E-state index contributed by atoms with van der Waals surface area (Å²) < 4.78 is 13.8. The number of amides is 1. The van der Waals surface area contributed by atoms with Gasteiger partial charge in [-0.05, 0) is 41.8 Å². The van der Waals surface area contributed by atoms with Crippen LogP contribution in [0.3, 0.4) is 0 Å². The highest BCUT2D eigenvalue weighted by Gasteiger charge is 2.30. The number of pyridine rings is 1. The van der Waals surface area contributed by atoms with Crippen LogP contribution in [-0.4, -0.2) is 48.6 Å². The molecular formula is C19H19FN6O. The van der Waals surface area contributed by atoms with Gasteiger partial charge in [0.1, 0.15) is 5.82 Å². The van der Waals surface area contributed by atoms with Gasteiger partial charge in [0.05, 0.1) is 19.0 Å². The van der Waals surface area contributed by atoms with Crippen LogP contribution in [0.15, 0.2) is 48.8 Å². The van der Waals surface area contributed by atoms with Crippen molar-refractivity contribution in [3.05, 3.63) is 60.2 Å². The molecule has 0 unspecified atom stereocenters. The summed E-state index contributed by atoms with van der Waals surface area (Å²) >= 11 is 0. The summed E-state index contributed by atoms with van der Waals surface area (Å²) in [5, 5.41) is 12.6. The number of halogens is 1. The number of carbonyl (C=O) groups is 1. The molecule has 7 nitrogen and oxygen atoms in total. The molecule has 1 aliphatic heterocycles. The lowest BCUT2D eigenvalue weighted by atomic mass is 10.1. The van der Waals surface area contributed by atoms with Gasteiger partial charge in [-0.3, -0.25) is 9.78 Å². The van der Waals surface area contributed by atoms with Crippen molar-refractivity contribution in [3.63, 3.8) is 0 Å². The van der Waals surface area contributed by atoms with Crippen LogP contribution in [0, 0.1) is 5.82 Å². The van der Waals surface area contributed by atoms with E-state index in [0.29, 0.717) is 24.5 Å². The number of nitrogens with zero attached hydrogens (tertiary/aromatic N) is 6. The average molecular weight is 366 g/mol. The Bertz CT molecular complexity index is 929. The number of benzene rings is 1. The number of rotatable bonds is 5. The van der Waals surface area contributed by atoms with E-state index in [1.165, 1.54) is 10.9 Å². The molecule has 1 atom stereocenters. The molecule has 8 heteroatoms. The standard InChI is InChI=1S/C19H19FN6O/c20-17-8-2-1-5-14(17)11-18(27)25-10-4-7-16(25)13-26-23-19(22-24-26)15-6-3-9-21-12-15/h1-3,5-6,8-9,12,16H,4,7,10-11,13H2/t16-/m0/s1. The van der Waals surface area contributed by atoms with E-state index < -0.39 is 0 Å². The van der Waals surface area contributed by atoms with Crippen molar-refractivity contribution in [3.8, 4) is 11.4 Å². The molecule has 1 saturated heterocycles. The van der Waals surface area contributed by atoms with Crippen molar-refractivity contribution in [1.82, 2.24) is 30.1 Å². The number of aromatic nitrogens is 5. The van der Waals surface area contributed by atoms with Gasteiger partial charge in [-0.15, -0.1) is 10.2 Å². The van der Waals surface area contributed by atoms with Gasteiger partial charge in [-0.25, -0.2) is 4.39 Å². The SMILES string of the molecule is O=C(Cc1ccccc1F)N1CCC[C@H]1Cn1nnc(-c2cccnc2)n1. The van der Waals surface area contributed by atoms with Crippen molar-refractivity contribution in [1.29, 1.82) is 0 Å². The summed E-state index contributed by atoms with van der Waals surface area (Å²) in [5.41, 5.74) is 1.22. The fourth-order valence-electron chi connectivity index (χ4n) is 3.38. The summed E-state index contributed by atoms with van der Waals surface area (Å²) in [4.78, 5) is 20.1. The van der Waals surface area contributed by atoms with Crippen LogP contribution in [0.25, 0.3) is 11.4 Å². The molecule has 0 saturated carbocycles. The van der Waals surface area contributed by atoms with Crippen molar-refractivity contribution >= 4 is 5.91 Å². The molecule has 2 aromatic heterocycles. The predicted molar refractivity (Wildman–Crippen MR) is 95.9 cm³/mol. The van der Waals surface area contributed by atoms with Gasteiger partial charge in [0, 0.05) is 24.5 Å². The van der Waals surface area contributed by atoms with Crippen LogP contribution >= 0.6 is 0 Å². The van der Waals surface area contributed by atoms with Gasteiger partial charge >= 0.3 is 0 Å². The molecule has 1 amide bonds. The number of hydrogen-bond acceptors (Lipinski definition) is 5. The zero-order valence-corrected chi connectivity index (χ0v) is 14.7. The van der Waals surface area contributed by atoms with Crippen molar-refractivity contribution < 1.29 is 9.18 Å². The fraction of sp³-hybridized carbons (Fsp3) is 0.316. The Labute approximate surface area is 155 Å². The van der Waals surface area contributed by atoms with E-state index in [4.69, 9.17) is 0 Å². The molecule has 27 heavy (non-hydrogen) atoms. The topological polar surface area (TPSA) is 76.8 Å². The van der Waals surface area contributed by atoms with Crippen LogP contribution < -0.4 is 0 Å². The van der Waals surface area contributed by atoms with E-state index in [9.17, 15) is 9.18 Å². The maximum absolute atomic E-state index is 13.8. The summed E-state index contributed by atoms with van der Waals surface area (Å²) in [6.45, 7) is 1.14. The van der Waals surface area contributed by atoms with Crippen LogP contribution in [-0.2, 0) is 17.8 Å². The molecule has 1 fully saturated rings. The first-order valence-electron chi connectivity index (χ1n) is 8.92. The van der Waals surface area contributed by atoms with E-state index in [2.05, 4.69) is 20.4 Å². The van der Waals surface area contributed by atoms with E-state index >= 15 is 0 Å². The Balaban J connectivity index is 1.44. The molecule has 0 aliphatic carbocycles. The highest BCUT2D eigenvalue weighted by atomic mass is 19.1. The molecule has 0 bridgehead atoms. The quantitative estimate of drug-likeness (QED) is 0.691. The van der Waals surface area contributed by atoms with Crippen molar-refractivity contribution in [2.45, 2.75) is 31.8 Å². The second-order valence-corrected chi connectivity index (χ2v) is 6.56. The lowest BCUT2D eigenvalue weighted by Gasteiger charge is -2.24. The predicted octanol–water partition coefficient (Wildman–Crippen LogP) is 2.11. The third kappa shape index (κ3) is 3.84. The number of likely N-dealkylation sites (tertiary alicyclic amines) is 1. The normalized spacial score (nSPS) is 16.6. The Morgan fingerprint density at radius 2 is 2.11 bits per heavy atom. The highest BCUT2D eigenvalue weighted by Crippen LogP contribution is 2.21. The number of carbonyl (C=O) groups excluding carboxylic acids is 1. The second kappa shape index (κ2) is 7.61. The van der Waals surface area contributed by atoms with Crippen LogP contribution in [0.5, 0.6) is 0 Å². The summed E-state index contributed by atoms with van der Waals surface area (Å²) in [7, 11) is 0. The maximum atomic E-state index is 13.8. The molecule has 3 aromatic rings. The van der Waals surface area contributed by atoms with E-state index in [-0.39, 0.29) is 24.2 Å². The Morgan fingerprint density at radius 3 is 2.93 bits per heavy atom. The van der Waals surface area contributed by atoms with Crippen molar-refractivity contribution in [2.24, 2.45) is 0 Å². The molecule has 1 aromatic carbocycles. The van der Waals surface area contributed by atoms with Gasteiger partial charge in [0.15, 0.2) is 0 Å². The van der Waals surface area contributed by atoms with Crippen LogP contribution in [0.4, 0.5) is 4.39 Å². The minimum Gasteiger partial charge on any atom is -0.337 e. The fourth-order valence-corrected chi connectivity index (χ4v) is 3.38. The van der Waals surface area contributed by atoms with Gasteiger partial charge in [0.25, 0.3) is 0 Å². The smallest absolute Gasteiger partial charge is 0.227 e. The Kier molecular flexibility index (Phi) is 4.86. The van der Waals surface area contributed by atoms with Crippen LogP contribution in [0.2, 0.25) is 0 Å². The lowest BCUT2D eigenvalue weighted by molar-refractivity contribution is -0.131.